The van der Waals surface area contributed by atoms with Gasteiger partial charge < -0.3 is 5.73 Å². The molecule has 1 aliphatic carbocycles. The molecule has 0 saturated heterocycles. The van der Waals surface area contributed by atoms with Crippen molar-refractivity contribution in [2.45, 2.75) is 18.8 Å². The number of fused-ring (bicyclic) bond motifs is 1. The molecule has 1 atom stereocenters. The molecule has 3 nitrogen and oxygen atoms in total. The van der Waals surface area contributed by atoms with Gasteiger partial charge in [-0.2, -0.15) is 0 Å². The molecule has 0 bridgehead atoms. The molecule has 0 saturated carbocycles. The van der Waals surface area contributed by atoms with Crippen LogP contribution < -0.4 is 5.73 Å². The summed E-state index contributed by atoms with van der Waals surface area (Å²) < 4.78 is 27.0. The van der Waals surface area contributed by atoms with E-state index in [2.05, 4.69) is 4.98 Å². The minimum Gasteiger partial charge on any atom is -0.364 e. The largest absolute Gasteiger partial charge is 0.364 e. The van der Waals surface area contributed by atoms with Gasteiger partial charge in [-0.15, -0.1) is 11.3 Å². The maximum atomic E-state index is 13.6. The molecule has 1 amide bonds. The van der Waals surface area contributed by atoms with E-state index < -0.39 is 17.5 Å². The van der Waals surface area contributed by atoms with Gasteiger partial charge in [0.2, 0.25) is 0 Å². The van der Waals surface area contributed by atoms with Crippen LogP contribution >= 0.6 is 11.3 Å². The second-order valence-corrected chi connectivity index (χ2v) is 5.35. The first-order chi connectivity index (χ1) is 9.06. The third-order valence-electron chi connectivity index (χ3n) is 3.34. The minimum absolute atomic E-state index is 0.162. The van der Waals surface area contributed by atoms with Gasteiger partial charge in [-0.25, -0.2) is 13.8 Å². The van der Waals surface area contributed by atoms with Gasteiger partial charge in [0.05, 0.1) is 5.69 Å². The summed E-state index contributed by atoms with van der Waals surface area (Å²) in [7, 11) is 0. The Morgan fingerprint density at radius 1 is 1.42 bits per heavy atom. The summed E-state index contributed by atoms with van der Waals surface area (Å²) in [5.74, 6) is -1.85. The summed E-state index contributed by atoms with van der Waals surface area (Å²) in [4.78, 5) is 15.2. The Morgan fingerprint density at radius 3 is 2.89 bits per heavy atom. The van der Waals surface area contributed by atoms with Gasteiger partial charge in [0.1, 0.15) is 11.6 Å². The minimum atomic E-state index is -0.589. The van der Waals surface area contributed by atoms with Gasteiger partial charge >= 0.3 is 0 Å². The van der Waals surface area contributed by atoms with E-state index in [-0.39, 0.29) is 10.9 Å². The van der Waals surface area contributed by atoms with E-state index in [0.29, 0.717) is 29.7 Å². The third-order valence-corrected chi connectivity index (χ3v) is 4.22. The van der Waals surface area contributed by atoms with Crippen molar-refractivity contribution in [1.82, 2.24) is 4.98 Å². The fourth-order valence-corrected chi connectivity index (χ4v) is 3.23. The number of primary amides is 1. The highest BCUT2D eigenvalue weighted by molar-refractivity contribution is 7.11. The molecule has 2 aromatic rings. The number of nitrogens with two attached hydrogens (primary N) is 1. The summed E-state index contributed by atoms with van der Waals surface area (Å²) in [6, 6.07) is 2.25. The van der Waals surface area contributed by atoms with E-state index in [9.17, 15) is 13.6 Å². The molecule has 1 aromatic heterocycles. The van der Waals surface area contributed by atoms with Crippen molar-refractivity contribution < 1.29 is 13.6 Å². The molecular formula is C13H10F2N2OS. The summed E-state index contributed by atoms with van der Waals surface area (Å²) in [5, 5.41) is 1.95. The molecule has 6 heteroatoms. The highest BCUT2D eigenvalue weighted by Gasteiger charge is 2.29. The van der Waals surface area contributed by atoms with E-state index in [1.807, 2.05) is 0 Å². The number of thiazole rings is 1. The van der Waals surface area contributed by atoms with Gasteiger partial charge in [-0.3, -0.25) is 4.79 Å². The van der Waals surface area contributed by atoms with E-state index >= 15 is 0 Å². The molecule has 0 spiro atoms. The zero-order valence-corrected chi connectivity index (χ0v) is 10.6. The van der Waals surface area contributed by atoms with Crippen molar-refractivity contribution in [3.05, 3.63) is 51.0 Å². The van der Waals surface area contributed by atoms with Gasteiger partial charge in [-0.1, -0.05) is 0 Å². The van der Waals surface area contributed by atoms with Crippen LogP contribution in [0.2, 0.25) is 0 Å². The topological polar surface area (TPSA) is 56.0 Å². The Labute approximate surface area is 112 Å². The summed E-state index contributed by atoms with van der Waals surface area (Å²) in [5.41, 5.74) is 6.98. The van der Waals surface area contributed by atoms with Crippen molar-refractivity contribution in [2.75, 3.05) is 0 Å². The van der Waals surface area contributed by atoms with Crippen molar-refractivity contribution in [2.24, 2.45) is 5.73 Å². The number of carbonyl (C=O) groups excluding carboxylic acids is 1. The quantitative estimate of drug-likeness (QED) is 0.919. The number of carbonyl (C=O) groups is 1. The molecule has 1 aliphatic rings. The van der Waals surface area contributed by atoms with E-state index in [1.54, 1.807) is 5.38 Å². The van der Waals surface area contributed by atoms with Crippen LogP contribution in [0.3, 0.4) is 0 Å². The number of hydrogen-bond donors (Lipinski definition) is 1. The van der Waals surface area contributed by atoms with Crippen LogP contribution in [0, 0.1) is 11.6 Å². The lowest BCUT2D eigenvalue weighted by Crippen LogP contribution is -2.10. The van der Waals surface area contributed by atoms with Gasteiger partial charge in [0, 0.05) is 17.4 Å². The summed E-state index contributed by atoms with van der Waals surface area (Å²) in [6.07, 6.45) is 1.22. The highest BCUT2D eigenvalue weighted by Crippen LogP contribution is 2.39. The number of aromatic nitrogens is 1. The fourth-order valence-electron chi connectivity index (χ4n) is 2.51. The molecule has 0 aliphatic heterocycles. The predicted molar refractivity (Wildman–Crippen MR) is 67.2 cm³/mol. The van der Waals surface area contributed by atoms with E-state index in [0.717, 1.165) is 17.4 Å². The second-order valence-electron chi connectivity index (χ2n) is 4.49. The van der Waals surface area contributed by atoms with E-state index in [4.69, 9.17) is 5.73 Å². The lowest BCUT2D eigenvalue weighted by Gasteiger charge is -2.08. The second kappa shape index (κ2) is 4.38. The Kier molecular flexibility index (Phi) is 2.82. The molecule has 0 unspecified atom stereocenters. The Morgan fingerprint density at radius 2 is 2.21 bits per heavy atom. The van der Waals surface area contributed by atoms with Crippen LogP contribution in [0.25, 0.3) is 0 Å². The highest BCUT2D eigenvalue weighted by atomic mass is 32.1. The Balaban J connectivity index is 2.04. The molecule has 0 fully saturated rings. The normalized spacial score (nSPS) is 17.5. The molecular weight excluding hydrogens is 270 g/mol. The Bertz CT molecular complexity index is 669. The van der Waals surface area contributed by atoms with Gasteiger partial charge in [0.15, 0.2) is 5.01 Å². The monoisotopic (exact) mass is 280 g/mol. The first-order valence-electron chi connectivity index (χ1n) is 5.79. The predicted octanol–water partition coefficient (Wildman–Crippen LogP) is 2.60. The standard InChI is InChI=1S/C13H10F2N2OS/c14-6-3-9-7(10(15)4-6)1-2-8(9)11-5-19-13(17-11)12(16)18/h3-5,8H,1-2H2,(H2,16,18)/t8-/m1/s1. The van der Waals surface area contributed by atoms with Crippen LogP contribution in [0.1, 0.15) is 39.0 Å². The lowest BCUT2D eigenvalue weighted by atomic mass is 9.98. The third kappa shape index (κ3) is 2.02. The number of halogens is 2. The average Bonchev–Trinajstić information content (AvgIpc) is 2.93. The number of amides is 1. The maximum Gasteiger partial charge on any atom is 0.277 e. The van der Waals surface area contributed by atoms with Crippen molar-refractivity contribution in [3.8, 4) is 0 Å². The van der Waals surface area contributed by atoms with Crippen molar-refractivity contribution in [1.29, 1.82) is 0 Å². The smallest absolute Gasteiger partial charge is 0.277 e. The number of rotatable bonds is 2. The van der Waals surface area contributed by atoms with Crippen LogP contribution in [0.5, 0.6) is 0 Å². The summed E-state index contributed by atoms with van der Waals surface area (Å²) in [6.45, 7) is 0. The zero-order chi connectivity index (χ0) is 13.6. The summed E-state index contributed by atoms with van der Waals surface area (Å²) >= 11 is 1.15. The van der Waals surface area contributed by atoms with Crippen molar-refractivity contribution >= 4 is 17.2 Å². The van der Waals surface area contributed by atoms with Crippen LogP contribution in [-0.4, -0.2) is 10.9 Å². The fraction of sp³-hybridized carbons (Fsp3) is 0.231. The molecule has 1 heterocycles. The van der Waals surface area contributed by atoms with Crippen LogP contribution in [0.4, 0.5) is 8.78 Å². The van der Waals surface area contributed by atoms with Crippen LogP contribution in [-0.2, 0) is 6.42 Å². The van der Waals surface area contributed by atoms with Gasteiger partial charge in [0.25, 0.3) is 5.91 Å². The van der Waals surface area contributed by atoms with E-state index in [1.165, 1.54) is 6.07 Å². The molecule has 3 rings (SSSR count). The number of benzene rings is 1. The molecule has 19 heavy (non-hydrogen) atoms. The molecule has 1 aromatic carbocycles. The Hall–Kier alpha value is -1.82. The SMILES string of the molecule is NC(=O)c1nc([C@@H]2CCc3c(F)cc(F)cc32)cs1. The molecule has 2 N–H and O–H groups in total. The maximum absolute atomic E-state index is 13.6. The van der Waals surface area contributed by atoms with Crippen LogP contribution in [0.15, 0.2) is 17.5 Å². The van der Waals surface area contributed by atoms with Crippen molar-refractivity contribution in [3.63, 3.8) is 0 Å². The number of hydrogen-bond acceptors (Lipinski definition) is 3. The van der Waals surface area contributed by atoms with Gasteiger partial charge in [-0.05, 0) is 30.0 Å². The zero-order valence-electron chi connectivity index (χ0n) is 9.82. The first-order valence-corrected chi connectivity index (χ1v) is 6.67. The molecule has 98 valence electrons. The lowest BCUT2D eigenvalue weighted by molar-refractivity contribution is 0.0999. The average molecular weight is 280 g/mol. The number of nitrogens with zero attached hydrogens (tertiary/aromatic N) is 1. The molecule has 0 radical (unpaired) electrons. The first kappa shape index (κ1) is 12.2.